The fraction of sp³-hybridized carbons (Fsp3) is 0.231. The highest BCUT2D eigenvalue weighted by molar-refractivity contribution is 5.92. The van der Waals surface area contributed by atoms with Gasteiger partial charge in [0.2, 0.25) is 5.91 Å². The first-order valence-corrected chi connectivity index (χ1v) is 5.56. The molecule has 0 aliphatic rings. The summed E-state index contributed by atoms with van der Waals surface area (Å²) in [5.74, 6) is -0.0651. The Kier molecular flexibility index (Phi) is 4.92. The third-order valence-electron chi connectivity index (χ3n) is 2.24. The van der Waals surface area contributed by atoms with Crippen LogP contribution in [0, 0.1) is 0 Å². The van der Waals surface area contributed by atoms with Gasteiger partial charge < -0.3 is 16.8 Å². The first kappa shape index (κ1) is 13.8. The maximum absolute atomic E-state index is 10.9. The van der Waals surface area contributed by atoms with Crippen molar-refractivity contribution in [3.63, 3.8) is 0 Å². The Morgan fingerprint density at radius 1 is 1.33 bits per heavy atom. The van der Waals surface area contributed by atoms with Crippen LogP contribution < -0.4 is 16.8 Å². The highest BCUT2D eigenvalue weighted by Crippen LogP contribution is 2.04. The fourth-order valence-corrected chi connectivity index (χ4v) is 1.25. The zero-order valence-electron chi connectivity index (χ0n) is 10.4. The van der Waals surface area contributed by atoms with Crippen molar-refractivity contribution in [3.05, 3.63) is 47.5 Å². The van der Waals surface area contributed by atoms with Crippen molar-refractivity contribution in [2.75, 3.05) is 6.54 Å². The number of aliphatic imine (C=N–C) groups is 1. The molecule has 1 rings (SSSR count). The third kappa shape index (κ3) is 4.69. The van der Waals surface area contributed by atoms with Crippen LogP contribution in [0.3, 0.4) is 0 Å². The molecule has 0 aromatic heterocycles. The van der Waals surface area contributed by atoms with Gasteiger partial charge in [0.05, 0.1) is 6.54 Å². The average Bonchev–Trinajstić information content (AvgIpc) is 2.34. The zero-order chi connectivity index (χ0) is 13.5. The molecule has 1 amide bonds. The maximum atomic E-state index is 10.9. The molecule has 0 aliphatic heterocycles. The summed E-state index contributed by atoms with van der Waals surface area (Å²) in [7, 11) is 0. The van der Waals surface area contributed by atoms with Gasteiger partial charge in [-0.05, 0) is 24.6 Å². The fourth-order valence-electron chi connectivity index (χ4n) is 1.25. The molecular weight excluding hydrogens is 228 g/mol. The lowest BCUT2D eigenvalue weighted by atomic mass is 10.1. The second-order valence-electron chi connectivity index (χ2n) is 4.07. The summed E-state index contributed by atoms with van der Waals surface area (Å²) in [6, 6.07) is 6.95. The summed E-state index contributed by atoms with van der Waals surface area (Å²) in [6.07, 6.45) is 0. The molecular formula is C13H18N4O. The van der Waals surface area contributed by atoms with Crippen LogP contribution in [0.5, 0.6) is 0 Å². The van der Waals surface area contributed by atoms with Crippen LogP contribution in [-0.4, -0.2) is 18.4 Å². The molecule has 0 spiro atoms. The number of benzene rings is 1. The van der Waals surface area contributed by atoms with Gasteiger partial charge in [-0.2, -0.15) is 0 Å². The molecule has 0 saturated heterocycles. The predicted octanol–water partition coefficient (Wildman–Crippen LogP) is 0.766. The van der Waals surface area contributed by atoms with Crippen molar-refractivity contribution in [3.8, 4) is 0 Å². The molecule has 0 bridgehead atoms. The number of carbonyl (C=O) groups excluding carboxylic acids is 1. The third-order valence-corrected chi connectivity index (χ3v) is 2.24. The van der Waals surface area contributed by atoms with Crippen LogP contribution in [-0.2, 0) is 6.54 Å². The van der Waals surface area contributed by atoms with E-state index in [0.717, 1.165) is 11.1 Å². The number of rotatable bonds is 5. The molecule has 0 aliphatic carbocycles. The molecule has 0 radical (unpaired) electrons. The monoisotopic (exact) mass is 246 g/mol. The smallest absolute Gasteiger partial charge is 0.248 e. The summed E-state index contributed by atoms with van der Waals surface area (Å²) in [6.45, 7) is 6.72. The lowest BCUT2D eigenvalue weighted by molar-refractivity contribution is 0.100. The summed E-state index contributed by atoms with van der Waals surface area (Å²) < 4.78 is 0. The van der Waals surface area contributed by atoms with Crippen LogP contribution >= 0.6 is 0 Å². The van der Waals surface area contributed by atoms with Crippen molar-refractivity contribution in [1.82, 2.24) is 5.32 Å². The number of carbonyl (C=O) groups is 1. The van der Waals surface area contributed by atoms with Crippen LogP contribution in [0.25, 0.3) is 0 Å². The Labute approximate surface area is 107 Å². The number of nitrogens with zero attached hydrogens (tertiary/aromatic N) is 1. The van der Waals surface area contributed by atoms with E-state index in [0.29, 0.717) is 24.6 Å². The Hall–Kier alpha value is -2.30. The van der Waals surface area contributed by atoms with Gasteiger partial charge in [0.1, 0.15) is 0 Å². The van der Waals surface area contributed by atoms with Crippen molar-refractivity contribution < 1.29 is 4.79 Å². The summed E-state index contributed by atoms with van der Waals surface area (Å²) in [4.78, 5) is 15.1. The number of primary amides is 1. The minimum Gasteiger partial charge on any atom is -0.370 e. The van der Waals surface area contributed by atoms with Crippen LogP contribution in [0.15, 0.2) is 41.4 Å². The molecule has 0 atom stereocenters. The van der Waals surface area contributed by atoms with E-state index in [9.17, 15) is 4.79 Å². The normalized spacial score (nSPS) is 11.1. The Morgan fingerprint density at radius 3 is 2.44 bits per heavy atom. The van der Waals surface area contributed by atoms with Gasteiger partial charge in [-0.25, -0.2) is 4.99 Å². The topological polar surface area (TPSA) is 93.5 Å². The molecule has 0 unspecified atom stereocenters. The summed E-state index contributed by atoms with van der Waals surface area (Å²) >= 11 is 0. The maximum Gasteiger partial charge on any atom is 0.248 e. The second kappa shape index (κ2) is 6.44. The molecule has 18 heavy (non-hydrogen) atoms. The quantitative estimate of drug-likeness (QED) is 0.407. The molecule has 0 heterocycles. The van der Waals surface area contributed by atoms with E-state index >= 15 is 0 Å². The molecule has 0 saturated carbocycles. The van der Waals surface area contributed by atoms with Crippen LogP contribution in [0.2, 0.25) is 0 Å². The minimum atomic E-state index is -0.437. The van der Waals surface area contributed by atoms with Gasteiger partial charge in [-0.3, -0.25) is 4.79 Å². The number of amides is 1. The van der Waals surface area contributed by atoms with E-state index in [2.05, 4.69) is 16.9 Å². The zero-order valence-corrected chi connectivity index (χ0v) is 10.4. The molecule has 0 fully saturated rings. The first-order chi connectivity index (χ1) is 8.49. The van der Waals surface area contributed by atoms with E-state index in [1.54, 1.807) is 24.3 Å². The van der Waals surface area contributed by atoms with Crippen molar-refractivity contribution in [2.24, 2.45) is 16.5 Å². The highest BCUT2D eigenvalue weighted by atomic mass is 16.1. The van der Waals surface area contributed by atoms with Gasteiger partial charge in [0.25, 0.3) is 0 Å². The van der Waals surface area contributed by atoms with Crippen molar-refractivity contribution >= 4 is 11.9 Å². The van der Waals surface area contributed by atoms with Gasteiger partial charge >= 0.3 is 0 Å². The summed E-state index contributed by atoms with van der Waals surface area (Å²) in [5.41, 5.74) is 13.2. The SMILES string of the molecule is C=C(C)CNC(N)=NCc1ccc(C(N)=O)cc1. The molecule has 5 nitrogen and oxygen atoms in total. The van der Waals surface area contributed by atoms with Crippen molar-refractivity contribution in [2.45, 2.75) is 13.5 Å². The van der Waals surface area contributed by atoms with E-state index in [4.69, 9.17) is 11.5 Å². The molecule has 1 aromatic carbocycles. The standard InChI is InChI=1S/C13H18N4O/c1-9(2)7-16-13(15)17-8-10-3-5-11(6-4-10)12(14)18/h3-6H,1,7-8H2,2H3,(H2,14,18)(H3,15,16,17). The number of nitrogens with one attached hydrogen (secondary N) is 1. The van der Waals surface area contributed by atoms with Crippen LogP contribution in [0.4, 0.5) is 0 Å². The highest BCUT2D eigenvalue weighted by Gasteiger charge is 1.99. The number of hydrogen-bond acceptors (Lipinski definition) is 2. The van der Waals surface area contributed by atoms with Crippen LogP contribution in [0.1, 0.15) is 22.8 Å². The Morgan fingerprint density at radius 2 is 1.94 bits per heavy atom. The summed E-state index contributed by atoms with van der Waals surface area (Å²) in [5, 5.41) is 2.94. The molecule has 1 aromatic rings. The Bertz CT molecular complexity index is 462. The van der Waals surface area contributed by atoms with Gasteiger partial charge in [-0.1, -0.05) is 24.3 Å². The Balaban J connectivity index is 2.54. The number of nitrogens with two attached hydrogens (primary N) is 2. The van der Waals surface area contributed by atoms with E-state index < -0.39 is 5.91 Å². The number of guanidine groups is 1. The van der Waals surface area contributed by atoms with Crippen molar-refractivity contribution in [1.29, 1.82) is 0 Å². The van der Waals surface area contributed by atoms with Gasteiger partial charge in [0, 0.05) is 12.1 Å². The molecule has 5 N–H and O–H groups in total. The molecule has 5 heteroatoms. The average molecular weight is 246 g/mol. The van der Waals surface area contributed by atoms with Gasteiger partial charge in [0.15, 0.2) is 5.96 Å². The molecule has 96 valence electrons. The van der Waals surface area contributed by atoms with E-state index in [1.807, 2.05) is 6.92 Å². The predicted molar refractivity (Wildman–Crippen MR) is 73.1 cm³/mol. The van der Waals surface area contributed by atoms with E-state index in [-0.39, 0.29) is 0 Å². The lowest BCUT2D eigenvalue weighted by Crippen LogP contribution is -2.32. The van der Waals surface area contributed by atoms with E-state index in [1.165, 1.54) is 0 Å². The second-order valence-corrected chi connectivity index (χ2v) is 4.07. The van der Waals surface area contributed by atoms with Gasteiger partial charge in [-0.15, -0.1) is 0 Å². The minimum absolute atomic E-state index is 0.372. The first-order valence-electron chi connectivity index (χ1n) is 5.56. The number of hydrogen-bond donors (Lipinski definition) is 3. The largest absolute Gasteiger partial charge is 0.370 e. The lowest BCUT2D eigenvalue weighted by Gasteiger charge is -2.05.